The summed E-state index contributed by atoms with van der Waals surface area (Å²) in [6.45, 7) is 0. The molecule has 2 rings (SSSR count). The van der Waals surface area contributed by atoms with E-state index < -0.39 is 17.6 Å². The summed E-state index contributed by atoms with van der Waals surface area (Å²) in [4.78, 5) is 22.6. The number of carboxylic acids is 1. The van der Waals surface area contributed by atoms with Gasteiger partial charge < -0.3 is 19.9 Å². The van der Waals surface area contributed by atoms with Gasteiger partial charge in [0.2, 0.25) is 0 Å². The largest absolute Gasteiger partial charge is 0.505 e. The molecule has 0 aliphatic rings. The van der Waals surface area contributed by atoms with E-state index in [0.29, 0.717) is 4.67 Å². The number of phenols is 1. The second kappa shape index (κ2) is 5.15. The maximum atomic E-state index is 11.8. The Kier molecular flexibility index (Phi) is 3.57. The highest BCUT2D eigenvalue weighted by molar-refractivity contribution is 9.10. The molecular formula is C12H8BrNO5. The van der Waals surface area contributed by atoms with Gasteiger partial charge in [-0.25, -0.2) is 4.79 Å². The first-order valence-corrected chi connectivity index (χ1v) is 5.90. The van der Waals surface area contributed by atoms with Crippen molar-refractivity contribution in [2.75, 3.05) is 5.32 Å². The number of carbonyl (C=O) groups excluding carboxylic acids is 1. The minimum atomic E-state index is -1.28. The number of carboxylic acid groups (broad SMARTS) is 1. The molecule has 6 nitrogen and oxygen atoms in total. The molecule has 1 heterocycles. The number of hydrogen-bond acceptors (Lipinski definition) is 4. The summed E-state index contributed by atoms with van der Waals surface area (Å²) in [5.41, 5.74) is -0.296. The predicted molar refractivity (Wildman–Crippen MR) is 69.4 cm³/mol. The molecule has 2 aromatic rings. The molecule has 7 heteroatoms. The molecule has 1 amide bonds. The first-order chi connectivity index (χ1) is 8.99. The van der Waals surface area contributed by atoms with Crippen molar-refractivity contribution in [3.63, 3.8) is 0 Å². The molecule has 0 unspecified atom stereocenters. The third-order valence-electron chi connectivity index (χ3n) is 2.31. The zero-order valence-electron chi connectivity index (χ0n) is 9.38. The zero-order valence-corrected chi connectivity index (χ0v) is 11.0. The molecule has 0 atom stereocenters. The average molecular weight is 326 g/mol. The Morgan fingerprint density at radius 3 is 2.53 bits per heavy atom. The van der Waals surface area contributed by atoms with Crippen LogP contribution in [0.2, 0.25) is 0 Å². The number of amides is 1. The molecule has 0 bridgehead atoms. The SMILES string of the molecule is O=C(Nc1cccc(C(=O)O)c1O)c1ccc(Br)o1. The lowest BCUT2D eigenvalue weighted by atomic mass is 10.1. The van der Waals surface area contributed by atoms with Crippen LogP contribution in [0, 0.1) is 0 Å². The third-order valence-corrected chi connectivity index (χ3v) is 2.74. The summed E-state index contributed by atoms with van der Waals surface area (Å²) >= 11 is 3.06. The normalized spacial score (nSPS) is 10.2. The van der Waals surface area contributed by atoms with Gasteiger partial charge in [-0.05, 0) is 40.2 Å². The van der Waals surface area contributed by atoms with Crippen molar-refractivity contribution in [3.8, 4) is 5.75 Å². The van der Waals surface area contributed by atoms with Crippen molar-refractivity contribution >= 4 is 33.5 Å². The molecule has 0 aliphatic heterocycles. The van der Waals surface area contributed by atoms with Crippen LogP contribution in [0.4, 0.5) is 5.69 Å². The maximum Gasteiger partial charge on any atom is 0.339 e. The van der Waals surface area contributed by atoms with E-state index in [-0.39, 0.29) is 17.0 Å². The van der Waals surface area contributed by atoms with Crippen LogP contribution < -0.4 is 5.32 Å². The van der Waals surface area contributed by atoms with Gasteiger partial charge in [-0.3, -0.25) is 4.79 Å². The van der Waals surface area contributed by atoms with Crippen LogP contribution in [0.1, 0.15) is 20.9 Å². The van der Waals surface area contributed by atoms with Crippen LogP contribution >= 0.6 is 15.9 Å². The van der Waals surface area contributed by atoms with Crippen molar-refractivity contribution in [2.45, 2.75) is 0 Å². The Bertz CT molecular complexity index is 649. The lowest BCUT2D eigenvalue weighted by Gasteiger charge is -2.07. The Morgan fingerprint density at radius 2 is 1.95 bits per heavy atom. The van der Waals surface area contributed by atoms with Gasteiger partial charge in [0.25, 0.3) is 5.91 Å². The predicted octanol–water partition coefficient (Wildman–Crippen LogP) is 2.70. The Morgan fingerprint density at radius 1 is 1.21 bits per heavy atom. The topological polar surface area (TPSA) is 99.8 Å². The molecule has 3 N–H and O–H groups in total. The molecule has 1 aromatic carbocycles. The van der Waals surface area contributed by atoms with Crippen molar-refractivity contribution < 1.29 is 24.2 Å². The molecule has 0 saturated carbocycles. The number of carbonyl (C=O) groups is 2. The number of halogens is 1. The van der Waals surface area contributed by atoms with Gasteiger partial charge in [0.05, 0.1) is 5.69 Å². The second-order valence-corrected chi connectivity index (χ2v) is 4.35. The number of benzene rings is 1. The number of aromatic hydroxyl groups is 1. The number of hydrogen-bond donors (Lipinski definition) is 3. The summed E-state index contributed by atoms with van der Waals surface area (Å²) in [5, 5.41) is 20.9. The Balaban J connectivity index is 2.27. The van der Waals surface area contributed by atoms with Crippen molar-refractivity contribution in [1.82, 2.24) is 0 Å². The van der Waals surface area contributed by atoms with E-state index in [4.69, 9.17) is 9.52 Å². The van der Waals surface area contributed by atoms with Crippen LogP contribution in [-0.4, -0.2) is 22.1 Å². The molecule has 0 fully saturated rings. The van der Waals surface area contributed by atoms with Gasteiger partial charge in [-0.15, -0.1) is 0 Å². The van der Waals surface area contributed by atoms with Gasteiger partial charge in [-0.2, -0.15) is 0 Å². The van der Waals surface area contributed by atoms with Crippen LogP contribution in [-0.2, 0) is 0 Å². The Labute approximate surface area is 115 Å². The fraction of sp³-hybridized carbons (Fsp3) is 0. The van der Waals surface area contributed by atoms with Gasteiger partial charge in [0, 0.05) is 0 Å². The fourth-order valence-corrected chi connectivity index (χ4v) is 1.74. The fourth-order valence-electron chi connectivity index (χ4n) is 1.44. The van der Waals surface area contributed by atoms with Gasteiger partial charge in [-0.1, -0.05) is 6.07 Å². The van der Waals surface area contributed by atoms with E-state index in [0.717, 1.165) is 0 Å². The summed E-state index contributed by atoms with van der Waals surface area (Å²) < 4.78 is 5.43. The minimum Gasteiger partial charge on any atom is -0.505 e. The number of nitrogens with one attached hydrogen (secondary N) is 1. The third kappa shape index (κ3) is 2.76. The highest BCUT2D eigenvalue weighted by Crippen LogP contribution is 2.28. The highest BCUT2D eigenvalue weighted by atomic mass is 79.9. The zero-order chi connectivity index (χ0) is 14.0. The number of anilines is 1. The van der Waals surface area contributed by atoms with Crippen LogP contribution in [0.25, 0.3) is 0 Å². The second-order valence-electron chi connectivity index (χ2n) is 3.56. The lowest BCUT2D eigenvalue weighted by molar-refractivity contribution is 0.0693. The number of rotatable bonds is 3. The molecule has 0 radical (unpaired) electrons. The molecular weight excluding hydrogens is 318 g/mol. The summed E-state index contributed by atoms with van der Waals surface area (Å²) in [5.74, 6) is -2.35. The molecule has 0 saturated heterocycles. The van der Waals surface area contributed by atoms with Crippen LogP contribution in [0.5, 0.6) is 5.75 Å². The summed E-state index contributed by atoms with van der Waals surface area (Å²) in [6.07, 6.45) is 0. The van der Waals surface area contributed by atoms with Crippen molar-refractivity contribution in [1.29, 1.82) is 0 Å². The van der Waals surface area contributed by atoms with Crippen LogP contribution in [0.3, 0.4) is 0 Å². The maximum absolute atomic E-state index is 11.8. The minimum absolute atomic E-state index is 0.00239. The van der Waals surface area contributed by atoms with Crippen molar-refractivity contribution in [3.05, 3.63) is 46.3 Å². The number of aromatic carboxylic acids is 1. The molecule has 19 heavy (non-hydrogen) atoms. The molecule has 1 aromatic heterocycles. The van der Waals surface area contributed by atoms with Crippen molar-refractivity contribution in [2.24, 2.45) is 0 Å². The van der Waals surface area contributed by atoms with E-state index in [9.17, 15) is 14.7 Å². The molecule has 98 valence electrons. The van der Waals surface area contributed by atoms with E-state index in [1.807, 2.05) is 0 Å². The average Bonchev–Trinajstić information content (AvgIpc) is 2.78. The van der Waals surface area contributed by atoms with E-state index in [1.165, 1.54) is 24.3 Å². The smallest absolute Gasteiger partial charge is 0.339 e. The number of furan rings is 1. The van der Waals surface area contributed by atoms with Gasteiger partial charge in [0.1, 0.15) is 5.56 Å². The summed E-state index contributed by atoms with van der Waals surface area (Å²) in [7, 11) is 0. The van der Waals surface area contributed by atoms with Crippen LogP contribution in [0.15, 0.2) is 39.4 Å². The highest BCUT2D eigenvalue weighted by Gasteiger charge is 2.16. The Hall–Kier alpha value is -2.28. The standard InChI is InChI=1S/C12H8BrNO5/c13-9-5-4-8(19-9)11(16)14-7-3-1-2-6(10(7)15)12(17)18/h1-5,15H,(H,14,16)(H,17,18). The van der Waals surface area contributed by atoms with Gasteiger partial charge >= 0.3 is 5.97 Å². The molecule has 0 spiro atoms. The van der Waals surface area contributed by atoms with E-state index in [1.54, 1.807) is 6.07 Å². The molecule has 0 aliphatic carbocycles. The number of para-hydroxylation sites is 1. The first-order valence-electron chi connectivity index (χ1n) is 5.11. The van der Waals surface area contributed by atoms with Gasteiger partial charge in [0.15, 0.2) is 16.2 Å². The quantitative estimate of drug-likeness (QED) is 0.753. The van der Waals surface area contributed by atoms with E-state index in [2.05, 4.69) is 21.2 Å². The summed E-state index contributed by atoms with van der Waals surface area (Å²) in [6, 6.07) is 7.02. The first kappa shape index (κ1) is 13.2. The van der Waals surface area contributed by atoms with E-state index >= 15 is 0 Å². The lowest BCUT2D eigenvalue weighted by Crippen LogP contribution is -2.11. The monoisotopic (exact) mass is 325 g/mol.